The molecule has 2 fully saturated rings. The van der Waals surface area contributed by atoms with Gasteiger partial charge in [0.15, 0.2) is 0 Å². The predicted molar refractivity (Wildman–Crippen MR) is 122 cm³/mol. The van der Waals surface area contributed by atoms with Crippen molar-refractivity contribution < 1.29 is 19.1 Å². The number of nitrogens with zero attached hydrogens (tertiary/aromatic N) is 1. The molecule has 9 heteroatoms. The van der Waals surface area contributed by atoms with Crippen LogP contribution in [-0.4, -0.2) is 60.3 Å². The number of anilines is 1. The molecule has 4 amide bonds. The molecule has 32 heavy (non-hydrogen) atoms. The minimum Gasteiger partial charge on any atom is -0.374 e. The number of carbonyl (C=O) groups is 3. The quantitative estimate of drug-likeness (QED) is 0.557. The number of hydrogen-bond acceptors (Lipinski definition) is 5. The van der Waals surface area contributed by atoms with Crippen molar-refractivity contribution in [2.75, 3.05) is 24.7 Å². The van der Waals surface area contributed by atoms with Gasteiger partial charge in [-0.1, -0.05) is 30.3 Å². The van der Waals surface area contributed by atoms with E-state index in [4.69, 9.17) is 4.74 Å². The smallest absolute Gasteiger partial charge is 0.319 e. The number of rotatable bonds is 7. The highest BCUT2D eigenvalue weighted by molar-refractivity contribution is 7.98. The zero-order valence-corrected chi connectivity index (χ0v) is 18.6. The number of hydrogen-bond donors (Lipinski definition) is 3. The molecule has 2 aromatic rings. The topological polar surface area (TPSA) is 99.8 Å². The third-order valence-corrected chi connectivity index (χ3v) is 6.32. The summed E-state index contributed by atoms with van der Waals surface area (Å²) in [6.45, 7) is 0.768. The zero-order chi connectivity index (χ0) is 22.5. The van der Waals surface area contributed by atoms with Gasteiger partial charge >= 0.3 is 6.03 Å². The summed E-state index contributed by atoms with van der Waals surface area (Å²) in [5, 5.41) is 8.43. The van der Waals surface area contributed by atoms with Gasteiger partial charge in [0, 0.05) is 17.1 Å². The van der Waals surface area contributed by atoms with E-state index in [2.05, 4.69) is 16.0 Å². The number of nitrogens with one attached hydrogen (secondary N) is 3. The Morgan fingerprint density at radius 2 is 1.91 bits per heavy atom. The number of thioether (sulfide) groups is 1. The molecule has 2 aliphatic rings. The van der Waals surface area contributed by atoms with E-state index in [1.54, 1.807) is 16.7 Å². The molecule has 3 N–H and O–H groups in total. The molecule has 2 saturated heterocycles. The van der Waals surface area contributed by atoms with E-state index in [1.165, 1.54) is 0 Å². The van der Waals surface area contributed by atoms with Gasteiger partial charge in [0.2, 0.25) is 11.8 Å². The molecule has 168 valence electrons. The van der Waals surface area contributed by atoms with Crippen molar-refractivity contribution in [1.82, 2.24) is 15.5 Å². The van der Waals surface area contributed by atoms with Crippen LogP contribution in [0, 0.1) is 0 Å². The third kappa shape index (κ3) is 5.23. The van der Waals surface area contributed by atoms with Crippen molar-refractivity contribution in [3.8, 4) is 0 Å². The lowest BCUT2D eigenvalue weighted by molar-refractivity contribution is -0.148. The van der Waals surface area contributed by atoms with Crippen LogP contribution in [0.3, 0.4) is 0 Å². The SMILES string of the molecule is CSc1ccc(NC(=O)N[C@H]2C[C@H]3C(=O)N[C@@H](COCc4ccccc4)C(=O)N3C2)cc1. The Morgan fingerprint density at radius 1 is 1.16 bits per heavy atom. The fourth-order valence-corrected chi connectivity index (χ4v) is 4.38. The van der Waals surface area contributed by atoms with Gasteiger partial charge in [-0.2, -0.15) is 0 Å². The molecule has 2 aromatic carbocycles. The fourth-order valence-electron chi connectivity index (χ4n) is 3.97. The van der Waals surface area contributed by atoms with Crippen molar-refractivity contribution in [2.45, 2.75) is 36.0 Å². The van der Waals surface area contributed by atoms with Gasteiger partial charge in [-0.15, -0.1) is 11.8 Å². The van der Waals surface area contributed by atoms with Crippen LogP contribution >= 0.6 is 11.8 Å². The third-order valence-electron chi connectivity index (χ3n) is 5.58. The summed E-state index contributed by atoms with van der Waals surface area (Å²) in [4.78, 5) is 40.5. The van der Waals surface area contributed by atoms with Crippen molar-refractivity contribution in [3.63, 3.8) is 0 Å². The molecule has 3 atom stereocenters. The molecule has 0 saturated carbocycles. The summed E-state index contributed by atoms with van der Waals surface area (Å²) in [5.74, 6) is -0.393. The van der Waals surface area contributed by atoms with Crippen molar-refractivity contribution in [2.24, 2.45) is 0 Å². The number of urea groups is 1. The second-order valence-electron chi connectivity index (χ2n) is 7.83. The van der Waals surface area contributed by atoms with E-state index < -0.39 is 12.1 Å². The van der Waals surface area contributed by atoms with E-state index in [9.17, 15) is 14.4 Å². The van der Waals surface area contributed by atoms with Crippen LogP contribution in [0.5, 0.6) is 0 Å². The molecular weight excluding hydrogens is 428 g/mol. The Morgan fingerprint density at radius 3 is 2.62 bits per heavy atom. The second-order valence-corrected chi connectivity index (χ2v) is 8.71. The number of piperazine rings is 1. The molecule has 0 aromatic heterocycles. The highest BCUT2D eigenvalue weighted by Gasteiger charge is 2.46. The maximum Gasteiger partial charge on any atom is 0.319 e. The highest BCUT2D eigenvalue weighted by atomic mass is 32.2. The molecule has 2 heterocycles. The van der Waals surface area contributed by atoms with E-state index in [0.29, 0.717) is 25.3 Å². The predicted octanol–water partition coefficient (Wildman–Crippen LogP) is 2.21. The first-order chi connectivity index (χ1) is 15.5. The maximum absolute atomic E-state index is 12.9. The first-order valence-electron chi connectivity index (χ1n) is 10.5. The largest absolute Gasteiger partial charge is 0.374 e. The second kappa shape index (κ2) is 10.1. The van der Waals surface area contributed by atoms with Gasteiger partial charge < -0.3 is 25.6 Å². The molecule has 8 nitrogen and oxygen atoms in total. The lowest BCUT2D eigenvalue weighted by Gasteiger charge is -2.34. The van der Waals surface area contributed by atoms with Crippen LogP contribution in [0.4, 0.5) is 10.5 Å². The van der Waals surface area contributed by atoms with Crippen molar-refractivity contribution >= 4 is 35.3 Å². The number of amides is 4. The van der Waals surface area contributed by atoms with E-state index >= 15 is 0 Å². The Bertz CT molecular complexity index is 970. The van der Waals surface area contributed by atoms with Crippen LogP contribution in [-0.2, 0) is 20.9 Å². The Balaban J connectivity index is 1.28. The first-order valence-corrected chi connectivity index (χ1v) is 11.7. The summed E-state index contributed by atoms with van der Waals surface area (Å²) >= 11 is 1.63. The maximum atomic E-state index is 12.9. The number of benzene rings is 2. The first kappa shape index (κ1) is 22.2. The van der Waals surface area contributed by atoms with Crippen molar-refractivity contribution in [1.29, 1.82) is 0 Å². The molecule has 0 bridgehead atoms. The van der Waals surface area contributed by atoms with Gasteiger partial charge in [-0.25, -0.2) is 4.79 Å². The summed E-state index contributed by atoms with van der Waals surface area (Å²) in [6.07, 6.45) is 2.37. The Hall–Kier alpha value is -3.04. The fraction of sp³-hybridized carbons (Fsp3) is 0.348. The Labute approximate surface area is 191 Å². The summed E-state index contributed by atoms with van der Waals surface area (Å²) in [5.41, 5.74) is 1.68. The van der Waals surface area contributed by atoms with E-state index in [1.807, 2.05) is 60.9 Å². The van der Waals surface area contributed by atoms with Crippen LogP contribution in [0.2, 0.25) is 0 Å². The van der Waals surface area contributed by atoms with Crippen molar-refractivity contribution in [3.05, 3.63) is 60.2 Å². The number of fused-ring (bicyclic) bond motifs is 1. The molecular formula is C23H26N4O4S. The van der Waals surface area contributed by atoms with Crippen LogP contribution in [0.15, 0.2) is 59.5 Å². The standard InChI is InChI=1S/C23H26N4O4S/c1-32-18-9-7-16(8-10-18)24-23(30)25-17-11-20-21(28)26-19(22(29)27(20)12-17)14-31-13-15-5-3-2-4-6-15/h2-10,17,19-20H,11-14H2,1H3,(H,26,28)(H2,24,25,30)/t17-,19-,20-/m0/s1. The minimum absolute atomic E-state index is 0.104. The van der Waals surface area contributed by atoms with Crippen LogP contribution < -0.4 is 16.0 Å². The average Bonchev–Trinajstić information content (AvgIpc) is 3.23. The van der Waals surface area contributed by atoms with Crippen LogP contribution in [0.1, 0.15) is 12.0 Å². The molecule has 0 aliphatic carbocycles. The normalized spacial score (nSPS) is 22.3. The monoisotopic (exact) mass is 454 g/mol. The van der Waals surface area contributed by atoms with Gasteiger partial charge in [0.05, 0.1) is 19.3 Å². The molecule has 0 spiro atoms. The number of carbonyl (C=O) groups excluding carboxylic acids is 3. The van der Waals surface area contributed by atoms with Gasteiger partial charge in [-0.05, 0) is 42.5 Å². The zero-order valence-electron chi connectivity index (χ0n) is 17.7. The van der Waals surface area contributed by atoms with Gasteiger partial charge in [0.25, 0.3) is 0 Å². The highest BCUT2D eigenvalue weighted by Crippen LogP contribution is 2.23. The summed E-state index contributed by atoms with van der Waals surface area (Å²) < 4.78 is 5.66. The van der Waals surface area contributed by atoms with E-state index in [0.717, 1.165) is 10.5 Å². The average molecular weight is 455 g/mol. The van der Waals surface area contributed by atoms with Crippen LogP contribution in [0.25, 0.3) is 0 Å². The van der Waals surface area contributed by atoms with Gasteiger partial charge in [-0.3, -0.25) is 9.59 Å². The lowest BCUT2D eigenvalue weighted by Crippen LogP contribution is -2.62. The molecule has 0 radical (unpaired) electrons. The summed E-state index contributed by atoms with van der Waals surface area (Å²) in [6, 6.07) is 15.2. The lowest BCUT2D eigenvalue weighted by atomic mass is 10.1. The van der Waals surface area contributed by atoms with Gasteiger partial charge in [0.1, 0.15) is 12.1 Å². The minimum atomic E-state index is -0.718. The van der Waals surface area contributed by atoms with E-state index in [-0.39, 0.29) is 30.5 Å². The molecule has 0 unspecified atom stereocenters. The number of ether oxygens (including phenoxy) is 1. The Kier molecular flexibility index (Phi) is 6.96. The molecule has 4 rings (SSSR count). The summed E-state index contributed by atoms with van der Waals surface area (Å²) in [7, 11) is 0. The molecule has 2 aliphatic heterocycles.